The number of nitrogens with zero attached hydrogens (tertiary/aromatic N) is 3. The van der Waals surface area contributed by atoms with Crippen molar-refractivity contribution in [3.05, 3.63) is 72.6 Å². The highest BCUT2D eigenvalue weighted by atomic mass is 32.2. The molecule has 7 rings (SSSR count). The monoisotopic (exact) mass is 671 g/mol. The normalized spacial score (nSPS) is 21.1. The maximum absolute atomic E-state index is 13.5. The molecule has 0 saturated carbocycles. The van der Waals surface area contributed by atoms with Crippen LogP contribution < -0.4 is 10.6 Å². The molecule has 47 heavy (non-hydrogen) atoms. The lowest BCUT2D eigenvalue weighted by Gasteiger charge is -2.30. The number of H-pyrrole nitrogens is 2. The summed E-state index contributed by atoms with van der Waals surface area (Å²) in [6.07, 6.45) is 5.97. The quantitative estimate of drug-likeness (QED) is 0.170. The molecule has 246 valence electrons. The van der Waals surface area contributed by atoms with E-state index in [1.165, 1.54) is 18.6 Å². The van der Waals surface area contributed by atoms with Gasteiger partial charge >= 0.3 is 6.09 Å². The number of benzene rings is 2. The van der Waals surface area contributed by atoms with Crippen LogP contribution in [0.4, 0.5) is 4.79 Å². The number of thioether (sulfide) groups is 2. The van der Waals surface area contributed by atoms with Gasteiger partial charge in [-0.25, -0.2) is 14.8 Å². The minimum absolute atomic E-state index is 0.0786. The molecule has 5 heterocycles. The lowest BCUT2D eigenvalue weighted by molar-refractivity contribution is -0.135. The highest BCUT2D eigenvalue weighted by Gasteiger charge is 2.44. The standard InChI is InChI=1S/C35H41N7O3S2/c1-21(2)30(41-34(44)45-3)33(43)42-14-4-5-29(42)32-37-19-28(40-32)25-12-8-23(9-13-25)22-6-10-24(11-7-22)27-18-36-31(39-27)26-17-35(20-38-26)46-15-16-47-35/h6-13,18-19,21,26,29-30,38H,4-5,14-17,20H2,1-3H3,(H,36,39)(H,37,40)(H,41,44)/t26-,29-,30?/m0/s1. The van der Waals surface area contributed by atoms with Crippen molar-refractivity contribution in [1.29, 1.82) is 0 Å². The van der Waals surface area contributed by atoms with E-state index in [2.05, 4.69) is 97.6 Å². The van der Waals surface area contributed by atoms with Crippen molar-refractivity contribution >= 4 is 35.5 Å². The highest BCUT2D eigenvalue weighted by molar-refractivity contribution is 8.21. The number of rotatable bonds is 8. The number of nitrogens with one attached hydrogen (secondary N) is 4. The van der Waals surface area contributed by atoms with Crippen molar-refractivity contribution < 1.29 is 14.3 Å². The summed E-state index contributed by atoms with van der Waals surface area (Å²) in [5.41, 5.74) is 6.34. The maximum Gasteiger partial charge on any atom is 0.407 e. The summed E-state index contributed by atoms with van der Waals surface area (Å²) in [6.45, 7) is 5.49. The van der Waals surface area contributed by atoms with E-state index in [9.17, 15) is 9.59 Å². The molecular weight excluding hydrogens is 631 g/mol. The number of aromatic nitrogens is 4. The number of aromatic amines is 2. The zero-order valence-electron chi connectivity index (χ0n) is 26.9. The van der Waals surface area contributed by atoms with Crippen molar-refractivity contribution in [1.82, 2.24) is 35.5 Å². The number of alkyl carbamates (subject to hydrolysis) is 1. The molecule has 12 heteroatoms. The topological polar surface area (TPSA) is 128 Å². The molecule has 0 radical (unpaired) electrons. The lowest BCUT2D eigenvalue weighted by Crippen LogP contribution is -2.51. The minimum atomic E-state index is -0.659. The third-order valence-electron chi connectivity index (χ3n) is 9.44. The van der Waals surface area contributed by atoms with Crippen LogP contribution in [0.1, 0.15) is 56.8 Å². The largest absolute Gasteiger partial charge is 0.453 e. The first-order valence-electron chi connectivity index (χ1n) is 16.3. The predicted octanol–water partition coefficient (Wildman–Crippen LogP) is 6.39. The van der Waals surface area contributed by atoms with Gasteiger partial charge in [0.2, 0.25) is 5.91 Å². The molecule has 3 atom stereocenters. The van der Waals surface area contributed by atoms with Gasteiger partial charge in [0, 0.05) is 24.6 Å². The summed E-state index contributed by atoms with van der Waals surface area (Å²) in [5.74, 6) is 4.06. The fourth-order valence-electron chi connectivity index (χ4n) is 6.83. The van der Waals surface area contributed by atoms with Crippen molar-refractivity contribution in [2.75, 3.05) is 31.7 Å². The van der Waals surface area contributed by atoms with E-state index in [4.69, 9.17) is 9.72 Å². The van der Waals surface area contributed by atoms with Gasteiger partial charge in [0.1, 0.15) is 17.7 Å². The van der Waals surface area contributed by atoms with E-state index in [1.807, 2.05) is 31.1 Å². The van der Waals surface area contributed by atoms with Crippen molar-refractivity contribution in [3.63, 3.8) is 0 Å². The second-order valence-electron chi connectivity index (χ2n) is 12.8. The van der Waals surface area contributed by atoms with Gasteiger partial charge in [0.25, 0.3) is 0 Å². The summed E-state index contributed by atoms with van der Waals surface area (Å²) in [4.78, 5) is 43.6. The number of hydrogen-bond acceptors (Lipinski definition) is 8. The van der Waals surface area contributed by atoms with Crippen LogP contribution in [0, 0.1) is 5.92 Å². The number of carbonyl (C=O) groups is 2. The molecule has 4 aromatic rings. The Balaban J connectivity index is 1.00. The molecule has 3 saturated heterocycles. The van der Waals surface area contributed by atoms with Crippen LogP contribution in [0.25, 0.3) is 33.6 Å². The smallest absolute Gasteiger partial charge is 0.407 e. The van der Waals surface area contributed by atoms with Gasteiger partial charge in [-0.05, 0) is 47.4 Å². The molecule has 0 bridgehead atoms. The van der Waals surface area contributed by atoms with Crippen LogP contribution in [-0.2, 0) is 9.53 Å². The summed E-state index contributed by atoms with van der Waals surface area (Å²) in [7, 11) is 1.30. The van der Waals surface area contributed by atoms with Gasteiger partial charge in [-0.3, -0.25) is 4.79 Å². The first kappa shape index (κ1) is 31.8. The van der Waals surface area contributed by atoms with Crippen LogP contribution in [0.15, 0.2) is 60.9 Å². The molecule has 10 nitrogen and oxygen atoms in total. The zero-order valence-corrected chi connectivity index (χ0v) is 28.5. The van der Waals surface area contributed by atoms with Crippen molar-refractivity contribution in [2.24, 2.45) is 5.92 Å². The Morgan fingerprint density at radius 2 is 1.49 bits per heavy atom. The highest BCUT2D eigenvalue weighted by Crippen LogP contribution is 2.51. The molecular formula is C35H41N7O3S2. The Morgan fingerprint density at radius 3 is 2.09 bits per heavy atom. The molecule has 1 spiro atoms. The lowest BCUT2D eigenvalue weighted by atomic mass is 10.0. The minimum Gasteiger partial charge on any atom is -0.453 e. The average Bonchev–Trinajstić information content (AvgIpc) is 3.94. The van der Waals surface area contributed by atoms with E-state index in [0.717, 1.165) is 71.1 Å². The van der Waals surface area contributed by atoms with Gasteiger partial charge in [-0.2, -0.15) is 0 Å². The maximum atomic E-state index is 13.5. The van der Waals surface area contributed by atoms with E-state index < -0.39 is 12.1 Å². The molecule has 4 N–H and O–H groups in total. The van der Waals surface area contributed by atoms with Crippen LogP contribution in [0.3, 0.4) is 0 Å². The number of likely N-dealkylation sites (tertiary alicyclic amines) is 1. The van der Waals surface area contributed by atoms with E-state index in [1.54, 1.807) is 0 Å². The SMILES string of the molecule is COC(=O)NC(C(=O)N1CCC[C@H]1c1ncc(-c2ccc(-c3ccc(-c4cnc([C@@H]5CC6(CN5)SCCS6)[nH]4)cc3)cc2)[nH]1)C(C)C. The number of imidazole rings is 2. The fourth-order valence-corrected chi connectivity index (χ4v) is 10.0. The van der Waals surface area contributed by atoms with Gasteiger partial charge in [-0.1, -0.05) is 62.4 Å². The molecule has 3 fully saturated rings. The molecule has 0 aliphatic carbocycles. The molecule has 2 aromatic heterocycles. The van der Waals surface area contributed by atoms with Gasteiger partial charge < -0.3 is 30.2 Å². The van der Waals surface area contributed by atoms with Crippen LogP contribution in [0.5, 0.6) is 0 Å². The van der Waals surface area contributed by atoms with E-state index in [-0.39, 0.29) is 23.9 Å². The summed E-state index contributed by atoms with van der Waals surface area (Å²) < 4.78 is 5.07. The number of carbonyl (C=O) groups excluding carboxylic acids is 2. The Labute approximate surface area is 283 Å². The van der Waals surface area contributed by atoms with Gasteiger partial charge in [0.05, 0.1) is 47.1 Å². The Bertz CT molecular complexity index is 1710. The van der Waals surface area contributed by atoms with Gasteiger partial charge in [-0.15, -0.1) is 23.5 Å². The van der Waals surface area contributed by atoms with E-state index in [0.29, 0.717) is 10.6 Å². The second kappa shape index (κ2) is 13.4. The van der Waals surface area contributed by atoms with Crippen molar-refractivity contribution in [3.8, 4) is 33.6 Å². The zero-order chi connectivity index (χ0) is 32.5. The Kier molecular flexibility index (Phi) is 9.08. The average molecular weight is 672 g/mol. The number of amides is 2. The van der Waals surface area contributed by atoms with Crippen LogP contribution >= 0.6 is 23.5 Å². The number of hydrogen-bond donors (Lipinski definition) is 4. The summed E-state index contributed by atoms with van der Waals surface area (Å²) >= 11 is 4.18. The molecule has 2 aromatic carbocycles. The molecule has 3 aliphatic heterocycles. The number of methoxy groups -OCH3 is 1. The predicted molar refractivity (Wildman–Crippen MR) is 188 cm³/mol. The molecule has 1 unspecified atom stereocenters. The van der Waals surface area contributed by atoms with Crippen LogP contribution in [0.2, 0.25) is 0 Å². The number of ether oxygens (including phenoxy) is 1. The van der Waals surface area contributed by atoms with Crippen molar-refractivity contribution in [2.45, 2.75) is 55.3 Å². The third kappa shape index (κ3) is 6.55. The Morgan fingerprint density at radius 1 is 0.915 bits per heavy atom. The second-order valence-corrected chi connectivity index (χ2v) is 16.0. The van der Waals surface area contributed by atoms with Crippen LogP contribution in [-0.4, -0.2) is 78.7 Å². The summed E-state index contributed by atoms with van der Waals surface area (Å²) in [5, 5.41) is 6.38. The third-order valence-corrected chi connectivity index (χ3v) is 12.9. The molecule has 3 aliphatic rings. The van der Waals surface area contributed by atoms with Gasteiger partial charge in [0.15, 0.2) is 0 Å². The van der Waals surface area contributed by atoms with E-state index >= 15 is 0 Å². The first-order valence-corrected chi connectivity index (χ1v) is 18.3. The summed E-state index contributed by atoms with van der Waals surface area (Å²) in [6, 6.07) is 16.5. The fraction of sp³-hybridized carbons (Fsp3) is 0.429. The first-order chi connectivity index (χ1) is 22.8. The molecule has 2 amide bonds. The Hall–Kier alpha value is -3.74.